The molecular formula is C19H19BrN2O3. The first kappa shape index (κ1) is 18.7. The molecule has 1 N–H and O–H groups in total. The van der Waals surface area contributed by atoms with Gasteiger partial charge in [-0.1, -0.05) is 40.7 Å². The Kier molecular flexibility index (Phi) is 7.22. The average molecular weight is 403 g/mol. The van der Waals surface area contributed by atoms with Crippen molar-refractivity contribution in [1.82, 2.24) is 5.43 Å². The molecule has 2 aromatic rings. The maximum absolute atomic E-state index is 11.8. The normalized spacial score (nSPS) is 10.5. The number of halogens is 1. The van der Waals surface area contributed by atoms with Crippen LogP contribution in [0.15, 0.2) is 64.7 Å². The highest BCUT2D eigenvalue weighted by molar-refractivity contribution is 9.10. The van der Waals surface area contributed by atoms with Gasteiger partial charge in [0.25, 0.3) is 5.91 Å². The van der Waals surface area contributed by atoms with Gasteiger partial charge >= 0.3 is 0 Å². The van der Waals surface area contributed by atoms with E-state index < -0.39 is 0 Å². The van der Waals surface area contributed by atoms with Crippen LogP contribution in [-0.4, -0.2) is 25.3 Å². The molecule has 0 aliphatic heterocycles. The van der Waals surface area contributed by atoms with Crippen molar-refractivity contribution in [2.75, 3.05) is 13.2 Å². The summed E-state index contributed by atoms with van der Waals surface area (Å²) in [6.45, 7) is 5.85. The maximum Gasteiger partial charge on any atom is 0.277 e. The van der Waals surface area contributed by atoms with Crippen LogP contribution in [0.2, 0.25) is 0 Å². The van der Waals surface area contributed by atoms with Crippen LogP contribution in [0.4, 0.5) is 0 Å². The highest BCUT2D eigenvalue weighted by atomic mass is 79.9. The SMILES string of the molecule is C=CCOc1ccccc1/C=N/NC(=O)COc1ccc(Br)c(C)c1. The summed E-state index contributed by atoms with van der Waals surface area (Å²) in [5.74, 6) is 0.950. The van der Waals surface area contributed by atoms with Gasteiger partial charge in [0.15, 0.2) is 6.61 Å². The van der Waals surface area contributed by atoms with Crippen LogP contribution in [0.1, 0.15) is 11.1 Å². The number of para-hydroxylation sites is 1. The molecule has 0 fully saturated rings. The topological polar surface area (TPSA) is 59.9 Å². The van der Waals surface area contributed by atoms with Gasteiger partial charge in [-0.15, -0.1) is 0 Å². The summed E-state index contributed by atoms with van der Waals surface area (Å²) in [6, 6.07) is 12.9. The molecule has 2 aromatic carbocycles. The Labute approximate surface area is 155 Å². The number of amides is 1. The van der Waals surface area contributed by atoms with Gasteiger partial charge < -0.3 is 9.47 Å². The molecule has 0 spiro atoms. The molecule has 5 nitrogen and oxygen atoms in total. The molecule has 0 aliphatic carbocycles. The number of ether oxygens (including phenoxy) is 2. The van der Waals surface area contributed by atoms with E-state index in [0.29, 0.717) is 18.1 Å². The number of benzene rings is 2. The lowest BCUT2D eigenvalue weighted by Crippen LogP contribution is -2.24. The third-order valence-corrected chi connectivity index (χ3v) is 4.06. The lowest BCUT2D eigenvalue weighted by molar-refractivity contribution is -0.123. The predicted octanol–water partition coefficient (Wildman–Crippen LogP) is 3.85. The second kappa shape index (κ2) is 9.64. The van der Waals surface area contributed by atoms with Crippen LogP contribution in [-0.2, 0) is 4.79 Å². The van der Waals surface area contributed by atoms with E-state index in [9.17, 15) is 4.79 Å². The first-order chi connectivity index (χ1) is 12.1. The highest BCUT2D eigenvalue weighted by Gasteiger charge is 2.04. The van der Waals surface area contributed by atoms with E-state index in [2.05, 4.69) is 33.0 Å². The van der Waals surface area contributed by atoms with Gasteiger partial charge in [-0.05, 0) is 42.8 Å². The Hall–Kier alpha value is -2.60. The average Bonchev–Trinajstić information content (AvgIpc) is 2.62. The van der Waals surface area contributed by atoms with Crippen molar-refractivity contribution < 1.29 is 14.3 Å². The van der Waals surface area contributed by atoms with Crippen molar-refractivity contribution in [2.45, 2.75) is 6.92 Å². The van der Waals surface area contributed by atoms with Crippen molar-refractivity contribution in [1.29, 1.82) is 0 Å². The minimum Gasteiger partial charge on any atom is -0.489 e. The molecule has 1 amide bonds. The number of rotatable bonds is 8. The monoisotopic (exact) mass is 402 g/mol. The summed E-state index contributed by atoms with van der Waals surface area (Å²) in [4.78, 5) is 11.8. The number of hydrazone groups is 1. The van der Waals surface area contributed by atoms with E-state index >= 15 is 0 Å². The molecule has 0 atom stereocenters. The van der Waals surface area contributed by atoms with Crippen molar-refractivity contribution >= 4 is 28.1 Å². The minimum absolute atomic E-state index is 0.118. The molecule has 0 saturated carbocycles. The number of nitrogens with zero attached hydrogens (tertiary/aromatic N) is 1. The van der Waals surface area contributed by atoms with Gasteiger partial charge in [-0.3, -0.25) is 4.79 Å². The summed E-state index contributed by atoms with van der Waals surface area (Å²) in [7, 11) is 0. The number of aryl methyl sites for hydroxylation is 1. The molecule has 0 aliphatic rings. The lowest BCUT2D eigenvalue weighted by Gasteiger charge is -2.07. The largest absolute Gasteiger partial charge is 0.489 e. The number of nitrogens with one attached hydrogen (secondary N) is 1. The van der Waals surface area contributed by atoms with E-state index in [1.807, 2.05) is 43.3 Å². The van der Waals surface area contributed by atoms with E-state index in [1.54, 1.807) is 12.1 Å². The molecule has 6 heteroatoms. The van der Waals surface area contributed by atoms with E-state index in [4.69, 9.17) is 9.47 Å². The second-order valence-corrected chi connectivity index (χ2v) is 5.98. The minimum atomic E-state index is -0.346. The summed E-state index contributed by atoms with van der Waals surface area (Å²) < 4.78 is 12.0. The Morgan fingerprint density at radius 1 is 1.28 bits per heavy atom. The van der Waals surface area contributed by atoms with Crippen molar-refractivity contribution in [3.8, 4) is 11.5 Å². The summed E-state index contributed by atoms with van der Waals surface area (Å²) in [6.07, 6.45) is 3.19. The zero-order valence-corrected chi connectivity index (χ0v) is 15.5. The first-order valence-corrected chi connectivity index (χ1v) is 8.43. The van der Waals surface area contributed by atoms with Gasteiger partial charge in [0.1, 0.15) is 18.1 Å². The summed E-state index contributed by atoms with van der Waals surface area (Å²) in [5, 5.41) is 3.94. The molecule has 25 heavy (non-hydrogen) atoms. The number of carbonyl (C=O) groups excluding carboxylic acids is 1. The Morgan fingerprint density at radius 3 is 2.84 bits per heavy atom. The zero-order valence-electron chi connectivity index (χ0n) is 13.9. The van der Waals surface area contributed by atoms with E-state index in [1.165, 1.54) is 6.21 Å². The molecule has 0 bridgehead atoms. The molecular weight excluding hydrogens is 384 g/mol. The number of hydrogen-bond donors (Lipinski definition) is 1. The number of carbonyl (C=O) groups is 1. The molecule has 0 unspecified atom stereocenters. The Morgan fingerprint density at radius 2 is 2.08 bits per heavy atom. The van der Waals surface area contributed by atoms with Crippen LogP contribution >= 0.6 is 15.9 Å². The van der Waals surface area contributed by atoms with Gasteiger partial charge in [0.2, 0.25) is 0 Å². The summed E-state index contributed by atoms with van der Waals surface area (Å²) >= 11 is 3.42. The molecule has 0 saturated heterocycles. The standard InChI is InChI=1S/C19H19BrN2O3/c1-3-10-24-18-7-5-4-6-15(18)12-21-22-19(23)13-25-16-8-9-17(20)14(2)11-16/h3-9,11-12H,1,10,13H2,2H3,(H,22,23)/b21-12+. The quantitative estimate of drug-likeness (QED) is 0.414. The molecule has 0 aromatic heterocycles. The fourth-order valence-electron chi connectivity index (χ4n) is 1.93. The van der Waals surface area contributed by atoms with E-state index in [0.717, 1.165) is 15.6 Å². The van der Waals surface area contributed by atoms with Crippen LogP contribution in [0.5, 0.6) is 11.5 Å². The molecule has 2 rings (SSSR count). The van der Waals surface area contributed by atoms with Gasteiger partial charge in [0.05, 0.1) is 6.21 Å². The Bertz CT molecular complexity index is 775. The lowest BCUT2D eigenvalue weighted by atomic mass is 10.2. The van der Waals surface area contributed by atoms with Crippen LogP contribution in [0.25, 0.3) is 0 Å². The molecule has 0 radical (unpaired) electrons. The second-order valence-electron chi connectivity index (χ2n) is 5.13. The summed E-state index contributed by atoms with van der Waals surface area (Å²) in [5.41, 5.74) is 4.22. The van der Waals surface area contributed by atoms with Crippen molar-refractivity contribution in [3.63, 3.8) is 0 Å². The van der Waals surface area contributed by atoms with Gasteiger partial charge in [-0.2, -0.15) is 5.10 Å². The maximum atomic E-state index is 11.8. The zero-order chi connectivity index (χ0) is 18.1. The fourth-order valence-corrected chi connectivity index (χ4v) is 2.18. The van der Waals surface area contributed by atoms with Crippen LogP contribution < -0.4 is 14.9 Å². The van der Waals surface area contributed by atoms with Gasteiger partial charge in [0, 0.05) is 10.0 Å². The highest BCUT2D eigenvalue weighted by Crippen LogP contribution is 2.21. The molecule has 0 heterocycles. The first-order valence-electron chi connectivity index (χ1n) is 7.63. The predicted molar refractivity (Wildman–Crippen MR) is 102 cm³/mol. The fraction of sp³-hybridized carbons (Fsp3) is 0.158. The van der Waals surface area contributed by atoms with E-state index in [-0.39, 0.29) is 12.5 Å². The molecule has 130 valence electrons. The Balaban J connectivity index is 1.86. The third kappa shape index (κ3) is 6.08. The third-order valence-electron chi connectivity index (χ3n) is 3.17. The van der Waals surface area contributed by atoms with Crippen LogP contribution in [0.3, 0.4) is 0 Å². The van der Waals surface area contributed by atoms with Crippen molar-refractivity contribution in [2.24, 2.45) is 5.10 Å². The van der Waals surface area contributed by atoms with Gasteiger partial charge in [-0.25, -0.2) is 5.43 Å². The smallest absolute Gasteiger partial charge is 0.277 e. The number of hydrogen-bond acceptors (Lipinski definition) is 4. The van der Waals surface area contributed by atoms with Crippen LogP contribution in [0, 0.1) is 6.92 Å². The van der Waals surface area contributed by atoms with Crippen molar-refractivity contribution in [3.05, 3.63) is 70.7 Å².